The first-order valence-electron chi connectivity index (χ1n) is 6.68. The highest BCUT2D eigenvalue weighted by molar-refractivity contribution is 7.87. The average Bonchev–Trinajstić information content (AvgIpc) is 2.54. The van der Waals surface area contributed by atoms with Gasteiger partial charge < -0.3 is 0 Å². The van der Waals surface area contributed by atoms with Crippen LogP contribution in [0.2, 0.25) is 0 Å². The lowest BCUT2D eigenvalue weighted by Crippen LogP contribution is -2.99. The zero-order chi connectivity index (χ0) is 25.5. The Bertz CT molecular complexity index is 916. The van der Waals surface area contributed by atoms with Gasteiger partial charge >= 0.3 is 56.6 Å². The lowest BCUT2D eigenvalue weighted by Gasteiger charge is -2.64. The van der Waals surface area contributed by atoms with Crippen molar-refractivity contribution in [2.45, 2.75) is 57.8 Å². The van der Waals surface area contributed by atoms with Crippen molar-refractivity contribution >= 4 is 10.1 Å². The van der Waals surface area contributed by atoms with Gasteiger partial charge in [-0.05, 0) is 0 Å². The number of rotatable bonds is 1. The molecule has 2 aliphatic carbocycles. The number of alkyl halides is 17. The van der Waals surface area contributed by atoms with E-state index < -0.39 is 67.9 Å². The molecule has 0 saturated heterocycles. The largest absolute Gasteiger partial charge is 0.382 e. The van der Waals surface area contributed by atoms with E-state index in [1.807, 2.05) is 0 Å². The summed E-state index contributed by atoms with van der Waals surface area (Å²) < 4.78 is 264. The number of hydrogen-bond donors (Lipinski definition) is 1. The van der Waals surface area contributed by atoms with Crippen molar-refractivity contribution < 1.29 is 87.6 Å². The second kappa shape index (κ2) is 5.27. The fraction of sp³-hybridized carbons (Fsp3) is 1.00. The third-order valence-corrected chi connectivity index (χ3v) is 6.20. The molecule has 0 aromatic carbocycles. The predicted octanol–water partition coefficient (Wildman–Crippen LogP) is 4.43. The summed E-state index contributed by atoms with van der Waals surface area (Å²) in [5.41, 5.74) is -17.7. The van der Waals surface area contributed by atoms with Crippen LogP contribution in [0, 0.1) is 0 Å². The van der Waals surface area contributed by atoms with Gasteiger partial charge in [0.15, 0.2) is 0 Å². The van der Waals surface area contributed by atoms with Crippen LogP contribution in [0.4, 0.5) is 74.6 Å². The fourth-order valence-corrected chi connectivity index (χ4v) is 4.34. The molecule has 0 bridgehead atoms. The van der Waals surface area contributed by atoms with Crippen molar-refractivity contribution in [2.24, 2.45) is 0 Å². The molecule has 2 rings (SSSR count). The van der Waals surface area contributed by atoms with Crippen LogP contribution < -0.4 is 0 Å². The van der Waals surface area contributed by atoms with Crippen LogP contribution in [0.25, 0.3) is 0 Å². The highest BCUT2D eigenvalue weighted by Crippen LogP contribution is 2.81. The Labute approximate surface area is 156 Å². The Morgan fingerprint density at radius 3 is 0.871 bits per heavy atom. The summed E-state index contributed by atoms with van der Waals surface area (Å²) in [6, 6.07) is 0. The lowest BCUT2D eigenvalue weighted by atomic mass is 9.55. The van der Waals surface area contributed by atoms with Crippen molar-refractivity contribution in [3.63, 3.8) is 0 Å². The summed E-state index contributed by atoms with van der Waals surface area (Å²) in [6.07, 6.45) is 0. The molecule has 3 unspecified atom stereocenters. The summed E-state index contributed by atoms with van der Waals surface area (Å²) in [5, 5.41) is -8.51. The van der Waals surface area contributed by atoms with Crippen LogP contribution in [-0.2, 0) is 10.1 Å². The molecule has 3 atom stereocenters. The molecular weight excluding hydrogens is 523 g/mol. The Morgan fingerprint density at radius 2 is 0.613 bits per heavy atom. The second-order valence-corrected chi connectivity index (χ2v) is 7.92. The topological polar surface area (TPSA) is 54.4 Å². The molecule has 2 saturated carbocycles. The van der Waals surface area contributed by atoms with Gasteiger partial charge in [0.1, 0.15) is 0 Å². The van der Waals surface area contributed by atoms with Crippen molar-refractivity contribution in [2.75, 3.05) is 0 Å². The number of halogens is 17. The van der Waals surface area contributed by atoms with Gasteiger partial charge in [0.05, 0.1) is 0 Å². The van der Waals surface area contributed by atoms with Gasteiger partial charge in [0.25, 0.3) is 11.3 Å². The fourth-order valence-electron chi connectivity index (χ4n) is 3.27. The maximum atomic E-state index is 14.8. The normalized spacial score (nSPS) is 43.7. The quantitative estimate of drug-likeness (QED) is 0.408. The third-order valence-electron chi connectivity index (χ3n) is 4.95. The van der Waals surface area contributed by atoms with E-state index in [1.165, 1.54) is 0 Å². The first-order chi connectivity index (χ1) is 13.0. The second-order valence-electron chi connectivity index (χ2n) is 6.41. The molecule has 0 aromatic heterocycles. The van der Waals surface area contributed by atoms with Crippen LogP contribution in [0.15, 0.2) is 0 Å². The van der Waals surface area contributed by atoms with Crippen LogP contribution in [0.1, 0.15) is 0 Å². The summed E-state index contributed by atoms with van der Waals surface area (Å²) in [7, 11) is -8.67. The van der Waals surface area contributed by atoms with Crippen molar-refractivity contribution in [1.82, 2.24) is 0 Å². The van der Waals surface area contributed by atoms with E-state index in [9.17, 15) is 83.1 Å². The minimum absolute atomic E-state index is 8.28. The van der Waals surface area contributed by atoms with Crippen LogP contribution in [-0.4, -0.2) is 70.8 Å². The minimum Gasteiger partial charge on any atom is -0.283 e. The molecule has 0 spiro atoms. The van der Waals surface area contributed by atoms with Gasteiger partial charge in [0.2, 0.25) is 0 Å². The summed E-state index contributed by atoms with van der Waals surface area (Å²) in [4.78, 5) is 0. The maximum Gasteiger partial charge on any atom is 0.382 e. The standard InChI is InChI=1S/C10HF17O3S/c11-1-2(12,5(17,18)7(21,22)6(19,20)3(1,13)14)10(27,31(28,29)30)9(25,26)8(23,24)4(1,15)16/h(H,28,29,30). The van der Waals surface area contributed by atoms with Crippen LogP contribution in [0.5, 0.6) is 0 Å². The minimum atomic E-state index is -8.87. The van der Waals surface area contributed by atoms with Crippen LogP contribution >= 0.6 is 0 Å². The molecule has 2 fully saturated rings. The highest BCUT2D eigenvalue weighted by atomic mass is 32.2. The molecule has 0 radical (unpaired) electrons. The van der Waals surface area contributed by atoms with Gasteiger partial charge in [-0.1, -0.05) is 0 Å². The summed E-state index contributed by atoms with van der Waals surface area (Å²) in [6.45, 7) is 0. The Kier molecular flexibility index (Phi) is 4.41. The van der Waals surface area contributed by atoms with E-state index in [0.717, 1.165) is 0 Å². The van der Waals surface area contributed by atoms with Crippen molar-refractivity contribution in [1.29, 1.82) is 0 Å². The molecule has 0 heterocycles. The van der Waals surface area contributed by atoms with Gasteiger partial charge in [-0.25, -0.2) is 13.2 Å². The molecule has 21 heteroatoms. The number of hydrogen-bond acceptors (Lipinski definition) is 2. The maximum absolute atomic E-state index is 14.8. The van der Waals surface area contributed by atoms with E-state index >= 15 is 0 Å². The molecular formula is C10HF17O3S. The van der Waals surface area contributed by atoms with Gasteiger partial charge in [-0.2, -0.15) is 69.9 Å². The predicted molar refractivity (Wildman–Crippen MR) is 57.7 cm³/mol. The SMILES string of the molecule is O=S(=O)(O)C1(F)C(F)(F)C(F)(F)C(F)(F)C2(F)C(F)(F)C(F)(F)C(F)(F)C(F)(F)C21F. The van der Waals surface area contributed by atoms with E-state index in [0.29, 0.717) is 0 Å². The monoisotopic (exact) mass is 524 g/mol. The zero-order valence-electron chi connectivity index (χ0n) is 13.1. The Morgan fingerprint density at radius 1 is 0.387 bits per heavy atom. The molecule has 2 aliphatic rings. The molecule has 1 N–H and O–H groups in total. The first kappa shape index (κ1) is 26.0. The lowest BCUT2D eigenvalue weighted by molar-refractivity contribution is -0.538. The van der Waals surface area contributed by atoms with E-state index in [4.69, 9.17) is 4.55 Å². The zero-order valence-corrected chi connectivity index (χ0v) is 13.9. The molecule has 3 nitrogen and oxygen atoms in total. The summed E-state index contributed by atoms with van der Waals surface area (Å²) >= 11 is 0. The first-order valence-corrected chi connectivity index (χ1v) is 8.12. The highest BCUT2D eigenvalue weighted by Gasteiger charge is 3.16. The summed E-state index contributed by atoms with van der Waals surface area (Å²) in [5.74, 6) is -59.6. The van der Waals surface area contributed by atoms with E-state index in [2.05, 4.69) is 0 Å². The molecule has 0 aliphatic heterocycles. The molecule has 0 aromatic rings. The van der Waals surface area contributed by atoms with Crippen molar-refractivity contribution in [3.05, 3.63) is 0 Å². The van der Waals surface area contributed by atoms with E-state index in [-0.39, 0.29) is 0 Å². The Balaban J connectivity index is 3.41. The van der Waals surface area contributed by atoms with E-state index in [1.54, 1.807) is 0 Å². The Hall–Kier alpha value is -1.28. The molecule has 184 valence electrons. The average molecular weight is 524 g/mol. The number of fused-ring (bicyclic) bond motifs is 1. The molecule has 31 heavy (non-hydrogen) atoms. The van der Waals surface area contributed by atoms with Crippen molar-refractivity contribution in [3.8, 4) is 0 Å². The van der Waals surface area contributed by atoms with Gasteiger partial charge in [0, 0.05) is 0 Å². The third kappa shape index (κ3) is 1.80. The smallest absolute Gasteiger partial charge is 0.283 e. The van der Waals surface area contributed by atoms with Gasteiger partial charge in [-0.3, -0.25) is 4.55 Å². The van der Waals surface area contributed by atoms with Crippen LogP contribution in [0.3, 0.4) is 0 Å². The molecule has 0 amide bonds. The van der Waals surface area contributed by atoms with Gasteiger partial charge in [-0.15, -0.1) is 0 Å².